The minimum Gasteiger partial charge on any atom is -0.464 e. The van der Waals surface area contributed by atoms with Crippen molar-refractivity contribution in [1.29, 1.82) is 0 Å². The number of carbonyl (C=O) groups is 4. The molecule has 0 N–H and O–H groups in total. The van der Waals surface area contributed by atoms with Crippen LogP contribution in [0.3, 0.4) is 0 Å². The van der Waals surface area contributed by atoms with Gasteiger partial charge in [-0.25, -0.2) is 19.6 Å². The van der Waals surface area contributed by atoms with Gasteiger partial charge in [-0.05, 0) is 24.0 Å². The van der Waals surface area contributed by atoms with Crippen molar-refractivity contribution >= 4 is 57.6 Å². The van der Waals surface area contributed by atoms with E-state index < -0.39 is 11.9 Å². The number of methoxy groups -OCH3 is 2. The van der Waals surface area contributed by atoms with Crippen molar-refractivity contribution in [2.24, 2.45) is 11.8 Å². The molecule has 2 amide bonds. The van der Waals surface area contributed by atoms with Gasteiger partial charge in [-0.3, -0.25) is 9.59 Å². The van der Waals surface area contributed by atoms with Gasteiger partial charge in [0.15, 0.2) is 0 Å². The maximum atomic E-state index is 12.1. The van der Waals surface area contributed by atoms with Gasteiger partial charge in [-0.1, -0.05) is 12.2 Å². The molecule has 2 saturated heterocycles. The number of amides is 2. The van der Waals surface area contributed by atoms with Crippen LogP contribution in [0.1, 0.15) is 43.8 Å². The van der Waals surface area contributed by atoms with E-state index in [2.05, 4.69) is 19.4 Å². The average molecular weight is 617 g/mol. The first-order chi connectivity index (χ1) is 20.4. The summed E-state index contributed by atoms with van der Waals surface area (Å²) < 4.78 is 19.4. The number of hydrogen-bond donors (Lipinski definition) is 0. The maximum absolute atomic E-state index is 12.1. The summed E-state index contributed by atoms with van der Waals surface area (Å²) in [7, 11) is 2.69. The molecular weight excluding hydrogens is 584 g/mol. The molecule has 0 radical (unpaired) electrons. The highest BCUT2D eigenvalue weighted by molar-refractivity contribution is 7.12. The summed E-state index contributed by atoms with van der Waals surface area (Å²) in [6, 6.07) is 0. The first kappa shape index (κ1) is 30.0. The summed E-state index contributed by atoms with van der Waals surface area (Å²) in [5, 5.41) is 4.43. The van der Waals surface area contributed by atoms with Crippen LogP contribution in [0.15, 0.2) is 22.9 Å². The van der Waals surface area contributed by atoms with Gasteiger partial charge in [0.1, 0.15) is 0 Å². The normalized spacial score (nSPS) is 18.9. The van der Waals surface area contributed by atoms with Crippen molar-refractivity contribution in [3.05, 3.63) is 44.3 Å². The molecule has 2 aromatic heterocycles. The van der Waals surface area contributed by atoms with E-state index in [0.29, 0.717) is 62.6 Å². The number of esters is 2. The predicted molar refractivity (Wildman–Crippen MR) is 154 cm³/mol. The molecule has 0 spiro atoms. The molecule has 224 valence electrons. The van der Waals surface area contributed by atoms with Gasteiger partial charge < -0.3 is 28.7 Å². The highest BCUT2D eigenvalue weighted by Crippen LogP contribution is 2.27. The third-order valence-corrected chi connectivity index (χ3v) is 9.05. The molecule has 0 bridgehead atoms. The molecule has 0 atom stereocenters. The van der Waals surface area contributed by atoms with E-state index in [-0.39, 0.29) is 23.7 Å². The van der Waals surface area contributed by atoms with Crippen molar-refractivity contribution in [2.75, 3.05) is 66.8 Å². The van der Waals surface area contributed by atoms with Crippen LogP contribution in [0.4, 0.5) is 0 Å². The first-order valence-electron chi connectivity index (χ1n) is 13.6. The monoisotopic (exact) mass is 616 g/mol. The van der Waals surface area contributed by atoms with E-state index in [1.807, 2.05) is 32.7 Å². The highest BCUT2D eigenvalue weighted by atomic mass is 32.1. The Balaban J connectivity index is 0.000000168. The number of hydrogen-bond acceptors (Lipinski definition) is 12. The van der Waals surface area contributed by atoms with E-state index in [1.165, 1.54) is 36.9 Å². The summed E-state index contributed by atoms with van der Waals surface area (Å²) in [6.07, 6.45) is 5.53. The third-order valence-electron chi connectivity index (χ3n) is 7.40. The second kappa shape index (κ2) is 13.7. The van der Waals surface area contributed by atoms with Gasteiger partial charge in [0.2, 0.25) is 21.8 Å². The summed E-state index contributed by atoms with van der Waals surface area (Å²) in [5.74, 6) is -0.417. The second-order valence-corrected chi connectivity index (χ2v) is 11.8. The minimum absolute atomic E-state index is 0.0325. The summed E-state index contributed by atoms with van der Waals surface area (Å²) in [4.78, 5) is 59.3. The zero-order chi connectivity index (χ0) is 29.6. The van der Waals surface area contributed by atoms with Crippen molar-refractivity contribution < 1.29 is 38.1 Å². The van der Waals surface area contributed by atoms with Crippen LogP contribution in [0.25, 0.3) is 11.1 Å². The van der Waals surface area contributed by atoms with Crippen LogP contribution in [0.2, 0.25) is 0 Å². The van der Waals surface area contributed by atoms with Crippen molar-refractivity contribution in [3.63, 3.8) is 0 Å². The first-order valence-corrected chi connectivity index (χ1v) is 15.3. The number of rotatable bonds is 6. The molecule has 6 rings (SSSR count). The molecule has 2 aromatic rings. The lowest BCUT2D eigenvalue weighted by Crippen LogP contribution is -2.46. The number of thiazole rings is 2. The number of nitrogens with zero attached hydrogens (tertiary/aromatic N) is 4. The van der Waals surface area contributed by atoms with E-state index in [9.17, 15) is 19.2 Å². The lowest BCUT2D eigenvalue weighted by Gasteiger charge is -2.33. The van der Waals surface area contributed by atoms with Crippen LogP contribution in [-0.2, 0) is 28.5 Å². The minimum atomic E-state index is -0.413. The molecule has 4 aliphatic rings. The molecule has 14 heteroatoms. The Morgan fingerprint density at radius 1 is 0.738 bits per heavy atom. The van der Waals surface area contributed by atoms with Crippen molar-refractivity contribution in [1.82, 2.24) is 19.8 Å². The molecule has 2 fully saturated rings. The van der Waals surface area contributed by atoms with Crippen LogP contribution in [-0.4, -0.2) is 110 Å². The van der Waals surface area contributed by atoms with Crippen LogP contribution in [0, 0.1) is 11.8 Å². The largest absolute Gasteiger partial charge is 0.464 e. The standard InChI is InChI=1S/2C14H16N2O4S/c2*1-19-14(18)12-15-11(8-21-12)9-2-4-16(5-3-9)13(17)10-6-20-7-10/h2*2,8,10H,3-7H2,1H3. The van der Waals surface area contributed by atoms with Gasteiger partial charge in [-0.2, -0.15) is 0 Å². The lowest BCUT2D eigenvalue weighted by molar-refractivity contribution is -0.150. The number of carbonyl (C=O) groups excluding carboxylic acids is 4. The topological polar surface area (TPSA) is 137 Å². The molecule has 0 aliphatic carbocycles. The summed E-state index contributed by atoms with van der Waals surface area (Å²) >= 11 is 2.55. The molecule has 4 aliphatic heterocycles. The molecule has 0 unspecified atom stereocenters. The number of aromatic nitrogens is 2. The summed E-state index contributed by atoms with van der Waals surface area (Å²) in [6.45, 7) is 4.73. The summed E-state index contributed by atoms with van der Waals surface area (Å²) in [5.41, 5.74) is 3.77. The molecule has 12 nitrogen and oxygen atoms in total. The fourth-order valence-electron chi connectivity index (χ4n) is 4.68. The van der Waals surface area contributed by atoms with E-state index in [1.54, 1.807) is 0 Å². The van der Waals surface area contributed by atoms with Gasteiger partial charge >= 0.3 is 11.9 Å². The Morgan fingerprint density at radius 2 is 1.14 bits per heavy atom. The van der Waals surface area contributed by atoms with Crippen molar-refractivity contribution in [3.8, 4) is 0 Å². The fourth-order valence-corrected chi connectivity index (χ4v) is 6.20. The Labute approximate surface area is 250 Å². The molecule has 0 aromatic carbocycles. The van der Waals surface area contributed by atoms with E-state index in [4.69, 9.17) is 9.47 Å². The van der Waals surface area contributed by atoms with Crippen LogP contribution in [0.5, 0.6) is 0 Å². The quantitative estimate of drug-likeness (QED) is 0.445. The van der Waals surface area contributed by atoms with E-state index in [0.717, 1.165) is 35.4 Å². The second-order valence-electron chi connectivity index (χ2n) is 10.1. The fraction of sp³-hybridized carbons (Fsp3) is 0.500. The average Bonchev–Trinajstić information content (AvgIpc) is 3.66. The SMILES string of the molecule is COC(=O)c1nc(C2=CCN(C(=O)C3COC3)CC2)cs1.COC(=O)c1nc(C2=CCN(C(=O)C3COC3)CC2)cs1. The van der Waals surface area contributed by atoms with Gasteiger partial charge in [0.05, 0.1) is 63.9 Å². The lowest BCUT2D eigenvalue weighted by atomic mass is 10.0. The molecular formula is C28H32N4O8S2. The third kappa shape index (κ3) is 6.77. The Hall–Kier alpha value is -3.46. The van der Waals surface area contributed by atoms with Crippen molar-refractivity contribution in [2.45, 2.75) is 12.8 Å². The highest BCUT2D eigenvalue weighted by Gasteiger charge is 2.32. The Kier molecular flexibility index (Phi) is 9.77. The molecule has 0 saturated carbocycles. The van der Waals surface area contributed by atoms with Gasteiger partial charge in [0.25, 0.3) is 0 Å². The zero-order valence-electron chi connectivity index (χ0n) is 23.4. The smallest absolute Gasteiger partial charge is 0.367 e. The zero-order valence-corrected chi connectivity index (χ0v) is 25.0. The Morgan fingerprint density at radius 3 is 1.43 bits per heavy atom. The maximum Gasteiger partial charge on any atom is 0.367 e. The molecule has 42 heavy (non-hydrogen) atoms. The van der Waals surface area contributed by atoms with Crippen LogP contribution < -0.4 is 0 Å². The van der Waals surface area contributed by atoms with E-state index >= 15 is 0 Å². The van der Waals surface area contributed by atoms with Gasteiger partial charge in [-0.15, -0.1) is 22.7 Å². The Bertz CT molecular complexity index is 1290. The predicted octanol–water partition coefficient (Wildman–Crippen LogP) is 2.38. The number of ether oxygens (including phenoxy) is 4. The van der Waals surface area contributed by atoms with Crippen LogP contribution >= 0.6 is 22.7 Å². The van der Waals surface area contributed by atoms with Gasteiger partial charge in [0, 0.05) is 36.9 Å². The molecule has 6 heterocycles.